The van der Waals surface area contributed by atoms with Crippen LogP contribution in [0.4, 0.5) is 14.9 Å². The summed E-state index contributed by atoms with van der Waals surface area (Å²) >= 11 is 0. The van der Waals surface area contributed by atoms with Crippen LogP contribution < -0.4 is 5.32 Å². The number of amides is 1. The van der Waals surface area contributed by atoms with Gasteiger partial charge in [0.15, 0.2) is 12.7 Å². The lowest BCUT2D eigenvalue weighted by Crippen LogP contribution is -2.29. The minimum absolute atomic E-state index is 0.0715. The topological polar surface area (TPSA) is 114 Å². The Morgan fingerprint density at radius 2 is 2.00 bits per heavy atom. The molecule has 1 unspecified atom stereocenters. The maximum absolute atomic E-state index is 14.1. The van der Waals surface area contributed by atoms with Crippen LogP contribution in [0.15, 0.2) is 42.5 Å². The largest absolute Gasteiger partial charge is 0.479 e. The molecule has 0 aliphatic heterocycles. The number of aromatic amines is 1. The number of fused-ring (bicyclic) bond motifs is 1. The second-order valence-electron chi connectivity index (χ2n) is 6.92. The molecule has 8 nitrogen and oxygen atoms in total. The number of rotatable bonds is 8. The summed E-state index contributed by atoms with van der Waals surface area (Å²) in [6.07, 6.45) is -2.46. The summed E-state index contributed by atoms with van der Waals surface area (Å²) in [5, 5.41) is 11.8. The van der Waals surface area contributed by atoms with Crippen LogP contribution in [0.2, 0.25) is 0 Å². The van der Waals surface area contributed by atoms with Gasteiger partial charge in [0, 0.05) is 12.1 Å². The number of nitrogens with one attached hydrogen (secondary N) is 2. The van der Waals surface area contributed by atoms with Gasteiger partial charge in [-0.25, -0.2) is 19.0 Å². The molecular formula is C21H22FN3O5. The number of imidazole rings is 1. The first kappa shape index (κ1) is 21.3. The number of benzene rings is 2. The number of carbonyl (C=O) groups is 2. The summed E-state index contributed by atoms with van der Waals surface area (Å²) in [5.74, 6) is -1.29. The first-order chi connectivity index (χ1) is 14.3. The fraction of sp³-hybridized carbons (Fsp3) is 0.286. The monoisotopic (exact) mass is 415 g/mol. The summed E-state index contributed by atoms with van der Waals surface area (Å²) < 4.78 is 24.6. The highest BCUT2D eigenvalue weighted by Crippen LogP contribution is 2.19. The van der Waals surface area contributed by atoms with Crippen molar-refractivity contribution in [2.45, 2.75) is 39.1 Å². The molecule has 0 spiro atoms. The van der Waals surface area contributed by atoms with Gasteiger partial charge in [-0.15, -0.1) is 0 Å². The van der Waals surface area contributed by atoms with E-state index in [2.05, 4.69) is 15.3 Å². The van der Waals surface area contributed by atoms with E-state index in [4.69, 9.17) is 9.47 Å². The fourth-order valence-electron chi connectivity index (χ4n) is 2.89. The van der Waals surface area contributed by atoms with Gasteiger partial charge in [-0.05, 0) is 49.7 Å². The molecule has 0 saturated heterocycles. The number of ether oxygens (including phenoxy) is 2. The molecule has 0 fully saturated rings. The summed E-state index contributed by atoms with van der Waals surface area (Å²) in [4.78, 5) is 30.8. The van der Waals surface area contributed by atoms with E-state index in [1.807, 2.05) is 24.3 Å². The number of carboxylic acid groups (broad SMARTS) is 1. The number of halogens is 1. The molecule has 0 aliphatic carbocycles. The van der Waals surface area contributed by atoms with Gasteiger partial charge in [0.05, 0.1) is 17.1 Å². The molecule has 158 valence electrons. The Hall–Kier alpha value is -3.46. The SMILES string of the molecule is CC(C)OC(Cc1cc(NC(=O)OCc2nc3ccccc3[nH]2)ccc1F)C(=O)O. The van der Waals surface area contributed by atoms with Gasteiger partial charge in [-0.3, -0.25) is 5.32 Å². The van der Waals surface area contributed by atoms with E-state index in [0.717, 1.165) is 17.1 Å². The van der Waals surface area contributed by atoms with Crippen LogP contribution in [-0.2, 0) is 27.3 Å². The predicted octanol–water partition coefficient (Wildman–Crippen LogP) is 3.87. The number of H-pyrrole nitrogens is 1. The molecule has 0 saturated carbocycles. The van der Waals surface area contributed by atoms with E-state index in [9.17, 15) is 19.1 Å². The van der Waals surface area contributed by atoms with Gasteiger partial charge in [-0.2, -0.15) is 0 Å². The molecule has 0 radical (unpaired) electrons. The van der Waals surface area contributed by atoms with Gasteiger partial charge >= 0.3 is 12.1 Å². The number of aromatic nitrogens is 2. The van der Waals surface area contributed by atoms with Crippen LogP contribution >= 0.6 is 0 Å². The number of aliphatic carboxylic acids is 1. The van der Waals surface area contributed by atoms with Gasteiger partial charge in [0.1, 0.15) is 11.6 Å². The molecule has 1 atom stereocenters. The van der Waals surface area contributed by atoms with Gasteiger partial charge < -0.3 is 19.6 Å². The lowest BCUT2D eigenvalue weighted by molar-refractivity contribution is -0.153. The Morgan fingerprint density at radius 1 is 1.23 bits per heavy atom. The van der Waals surface area contributed by atoms with Crippen LogP contribution in [0, 0.1) is 5.82 Å². The van der Waals surface area contributed by atoms with E-state index in [-0.39, 0.29) is 30.4 Å². The molecule has 2 aromatic carbocycles. The summed E-state index contributed by atoms with van der Waals surface area (Å²) in [7, 11) is 0. The zero-order chi connectivity index (χ0) is 21.7. The van der Waals surface area contributed by atoms with Crippen molar-refractivity contribution >= 4 is 28.8 Å². The summed E-state index contributed by atoms with van der Waals surface area (Å²) in [6, 6.07) is 11.3. The molecule has 1 amide bonds. The smallest absolute Gasteiger partial charge is 0.412 e. The molecule has 0 aliphatic rings. The molecule has 30 heavy (non-hydrogen) atoms. The van der Waals surface area contributed by atoms with Crippen molar-refractivity contribution in [3.63, 3.8) is 0 Å². The quantitative estimate of drug-likeness (QED) is 0.515. The number of carbonyl (C=O) groups excluding carboxylic acids is 1. The minimum Gasteiger partial charge on any atom is -0.479 e. The molecule has 9 heteroatoms. The predicted molar refractivity (Wildman–Crippen MR) is 108 cm³/mol. The minimum atomic E-state index is -1.20. The van der Waals surface area contributed by atoms with E-state index >= 15 is 0 Å². The Balaban J connectivity index is 1.62. The number of para-hydroxylation sites is 2. The highest BCUT2D eigenvalue weighted by atomic mass is 19.1. The second-order valence-corrected chi connectivity index (χ2v) is 6.92. The maximum Gasteiger partial charge on any atom is 0.412 e. The van der Waals surface area contributed by atoms with Crippen molar-refractivity contribution in [2.75, 3.05) is 5.32 Å². The van der Waals surface area contributed by atoms with Crippen LogP contribution in [0.25, 0.3) is 11.0 Å². The lowest BCUT2D eigenvalue weighted by Gasteiger charge is -2.17. The fourth-order valence-corrected chi connectivity index (χ4v) is 2.89. The highest BCUT2D eigenvalue weighted by molar-refractivity contribution is 5.84. The Morgan fingerprint density at radius 3 is 2.70 bits per heavy atom. The van der Waals surface area contributed by atoms with Gasteiger partial charge in [0.25, 0.3) is 0 Å². The molecular weight excluding hydrogens is 393 g/mol. The Bertz CT molecular complexity index is 1020. The number of carboxylic acids is 1. The number of hydrogen-bond donors (Lipinski definition) is 3. The van der Waals surface area contributed by atoms with E-state index in [1.54, 1.807) is 13.8 Å². The maximum atomic E-state index is 14.1. The van der Waals surface area contributed by atoms with Crippen molar-refractivity contribution in [1.82, 2.24) is 9.97 Å². The summed E-state index contributed by atoms with van der Waals surface area (Å²) in [6.45, 7) is 3.32. The van der Waals surface area contributed by atoms with E-state index < -0.39 is 24.0 Å². The van der Waals surface area contributed by atoms with Crippen molar-refractivity contribution in [1.29, 1.82) is 0 Å². The second kappa shape index (κ2) is 9.36. The average molecular weight is 415 g/mol. The average Bonchev–Trinajstić information content (AvgIpc) is 3.11. The molecule has 3 aromatic rings. The lowest BCUT2D eigenvalue weighted by atomic mass is 10.1. The molecule has 1 aromatic heterocycles. The third-order valence-electron chi connectivity index (χ3n) is 4.19. The first-order valence-corrected chi connectivity index (χ1v) is 9.36. The van der Waals surface area contributed by atoms with Gasteiger partial charge in [0.2, 0.25) is 0 Å². The Labute approximate surface area is 172 Å². The number of anilines is 1. The van der Waals surface area contributed by atoms with Crippen LogP contribution in [0.3, 0.4) is 0 Å². The van der Waals surface area contributed by atoms with Crippen molar-refractivity contribution in [2.24, 2.45) is 0 Å². The standard InChI is InChI=1S/C21H22FN3O5/c1-12(2)30-18(20(26)27)10-13-9-14(7-8-15(13)22)23-21(28)29-11-19-24-16-5-3-4-6-17(16)25-19/h3-9,12,18H,10-11H2,1-2H3,(H,23,28)(H,24,25)(H,26,27). The van der Waals surface area contributed by atoms with Crippen LogP contribution in [0.5, 0.6) is 0 Å². The molecule has 3 rings (SSSR count). The van der Waals surface area contributed by atoms with E-state index in [1.165, 1.54) is 12.1 Å². The van der Waals surface area contributed by atoms with Crippen molar-refractivity contribution in [3.05, 3.63) is 59.7 Å². The molecule has 0 bridgehead atoms. The first-order valence-electron chi connectivity index (χ1n) is 9.36. The number of hydrogen-bond acceptors (Lipinski definition) is 5. The highest BCUT2D eigenvalue weighted by Gasteiger charge is 2.22. The molecule has 3 N–H and O–H groups in total. The van der Waals surface area contributed by atoms with E-state index in [0.29, 0.717) is 5.82 Å². The van der Waals surface area contributed by atoms with Crippen molar-refractivity contribution < 1.29 is 28.6 Å². The third-order valence-corrected chi connectivity index (χ3v) is 4.19. The zero-order valence-corrected chi connectivity index (χ0v) is 16.5. The summed E-state index contributed by atoms with van der Waals surface area (Å²) in [5.41, 5.74) is 1.97. The third kappa shape index (κ3) is 5.54. The van der Waals surface area contributed by atoms with Crippen LogP contribution in [-0.4, -0.2) is 39.3 Å². The normalized spacial score (nSPS) is 12.1. The Kier molecular flexibility index (Phi) is 6.63. The van der Waals surface area contributed by atoms with Crippen LogP contribution in [0.1, 0.15) is 25.2 Å². The zero-order valence-electron chi connectivity index (χ0n) is 16.5. The number of nitrogens with zero attached hydrogens (tertiary/aromatic N) is 1. The molecule has 1 heterocycles. The van der Waals surface area contributed by atoms with Gasteiger partial charge in [-0.1, -0.05) is 12.1 Å². The van der Waals surface area contributed by atoms with Crippen molar-refractivity contribution in [3.8, 4) is 0 Å².